The van der Waals surface area contributed by atoms with Crippen LogP contribution in [0.4, 0.5) is 0 Å². The number of aromatic nitrogens is 4. The van der Waals surface area contributed by atoms with Gasteiger partial charge in [-0.1, -0.05) is 24.3 Å². The molecule has 2 heterocycles. The summed E-state index contributed by atoms with van der Waals surface area (Å²) in [5.41, 5.74) is 8.45. The molecule has 0 aliphatic heterocycles. The molecule has 238 valence electrons. The standard InChI is InChI=1S/C17H21N3O2S.C16H19N3O2S/c1-11(2)23(21,22)20-16-9-13-5-6-14(8-15(13)10-16)17-7-4-12(3)18-19-17;1-11(2)22(20,21)19-15-9-12-4-5-13(8-14(12)10-15)16-17-6-3-7-18-16/h4-8,11,16,20H,9-10H2,1-3H3;3-8,11,15,19H,9-10H2,1-2H3. The normalized spacial score (nSPS) is 17.6. The highest BCUT2D eigenvalue weighted by Gasteiger charge is 2.28. The van der Waals surface area contributed by atoms with Crippen molar-refractivity contribution in [2.24, 2.45) is 0 Å². The van der Waals surface area contributed by atoms with Crippen molar-refractivity contribution in [3.8, 4) is 22.6 Å². The molecule has 2 atom stereocenters. The van der Waals surface area contributed by atoms with E-state index in [9.17, 15) is 16.8 Å². The Morgan fingerprint density at radius 3 is 1.62 bits per heavy atom. The number of hydrogen-bond donors (Lipinski definition) is 2. The molecular formula is C33H40N6O4S2. The number of sulfonamides is 2. The van der Waals surface area contributed by atoms with Crippen molar-refractivity contribution in [2.75, 3.05) is 0 Å². The molecule has 0 bridgehead atoms. The Labute approximate surface area is 266 Å². The van der Waals surface area contributed by atoms with E-state index in [4.69, 9.17) is 0 Å². The highest BCUT2D eigenvalue weighted by molar-refractivity contribution is 7.90. The first-order valence-corrected chi connectivity index (χ1v) is 18.2. The van der Waals surface area contributed by atoms with E-state index in [2.05, 4.69) is 47.8 Å². The van der Waals surface area contributed by atoms with Crippen molar-refractivity contribution in [2.45, 2.75) is 82.9 Å². The average Bonchev–Trinajstić information content (AvgIpc) is 3.59. The van der Waals surface area contributed by atoms with Gasteiger partial charge in [0.25, 0.3) is 0 Å². The fraction of sp³-hybridized carbons (Fsp3) is 0.394. The Bertz CT molecular complexity index is 1860. The first kappa shape index (κ1) is 32.8. The maximum atomic E-state index is 12.0. The zero-order valence-electron chi connectivity index (χ0n) is 26.2. The van der Waals surface area contributed by atoms with Gasteiger partial charge in [-0.05, 0) is 113 Å². The lowest BCUT2D eigenvalue weighted by molar-refractivity contribution is 0.546. The lowest BCUT2D eigenvalue weighted by Crippen LogP contribution is -2.39. The highest BCUT2D eigenvalue weighted by atomic mass is 32.2. The molecule has 0 radical (unpaired) electrons. The van der Waals surface area contributed by atoms with Crippen molar-refractivity contribution in [1.29, 1.82) is 0 Å². The predicted octanol–water partition coefficient (Wildman–Crippen LogP) is 4.19. The maximum absolute atomic E-state index is 12.0. The van der Waals surface area contributed by atoms with Crippen LogP contribution in [0.3, 0.4) is 0 Å². The minimum atomic E-state index is -3.24. The molecule has 2 aromatic carbocycles. The fourth-order valence-electron chi connectivity index (χ4n) is 5.44. The Morgan fingerprint density at radius 2 is 1.13 bits per heavy atom. The second kappa shape index (κ2) is 13.4. The van der Waals surface area contributed by atoms with Gasteiger partial charge in [-0.25, -0.2) is 36.2 Å². The van der Waals surface area contributed by atoms with E-state index in [-0.39, 0.29) is 12.1 Å². The molecule has 0 saturated heterocycles. The Hall–Kier alpha value is -3.58. The summed E-state index contributed by atoms with van der Waals surface area (Å²) in [5.74, 6) is 0.691. The topological polar surface area (TPSA) is 144 Å². The Morgan fingerprint density at radius 1 is 0.644 bits per heavy atom. The number of aryl methyl sites for hydroxylation is 1. The van der Waals surface area contributed by atoms with Gasteiger partial charge in [0.2, 0.25) is 20.0 Å². The van der Waals surface area contributed by atoms with E-state index in [0.717, 1.165) is 35.4 Å². The van der Waals surface area contributed by atoms with Gasteiger partial charge in [-0.2, -0.15) is 10.2 Å². The third-order valence-electron chi connectivity index (χ3n) is 8.10. The summed E-state index contributed by atoms with van der Waals surface area (Å²) in [6.45, 7) is 8.67. The molecule has 2 aliphatic rings. The minimum absolute atomic E-state index is 0.0586. The van der Waals surface area contributed by atoms with E-state index >= 15 is 0 Å². The number of fused-ring (bicyclic) bond motifs is 2. The molecule has 2 aromatic heterocycles. The third-order valence-corrected chi connectivity index (χ3v) is 11.9. The average molecular weight is 649 g/mol. The maximum Gasteiger partial charge on any atom is 0.214 e. The third kappa shape index (κ3) is 7.99. The molecule has 45 heavy (non-hydrogen) atoms. The van der Waals surface area contributed by atoms with Gasteiger partial charge in [0.05, 0.1) is 21.9 Å². The van der Waals surface area contributed by atoms with Crippen molar-refractivity contribution in [3.05, 3.63) is 94.9 Å². The molecule has 2 unspecified atom stereocenters. The SMILES string of the molecule is CC(C)S(=O)(=O)NC1Cc2ccc(-c3ncccn3)cc2C1.Cc1ccc(-c2ccc3c(c2)CC(NS(=O)(=O)C(C)C)C3)nn1. The van der Waals surface area contributed by atoms with Crippen molar-refractivity contribution in [3.63, 3.8) is 0 Å². The second-order valence-corrected chi connectivity index (χ2v) is 16.8. The largest absolute Gasteiger partial charge is 0.237 e. The summed E-state index contributed by atoms with van der Waals surface area (Å²) in [6, 6.07) is 17.9. The Kier molecular flexibility index (Phi) is 9.78. The van der Waals surface area contributed by atoms with E-state index in [0.29, 0.717) is 18.7 Å². The van der Waals surface area contributed by atoms with Crippen molar-refractivity contribution in [1.82, 2.24) is 29.6 Å². The van der Waals surface area contributed by atoms with Crippen LogP contribution in [0.25, 0.3) is 22.6 Å². The Balaban J connectivity index is 0.000000178. The van der Waals surface area contributed by atoms with E-state index < -0.39 is 30.5 Å². The molecule has 0 amide bonds. The summed E-state index contributed by atoms with van der Waals surface area (Å²) in [4.78, 5) is 8.51. The number of nitrogens with one attached hydrogen (secondary N) is 2. The van der Waals surface area contributed by atoms with Crippen LogP contribution in [-0.4, -0.2) is 59.6 Å². The van der Waals surface area contributed by atoms with Crippen LogP contribution >= 0.6 is 0 Å². The lowest BCUT2D eigenvalue weighted by atomic mass is 10.0. The smallest absolute Gasteiger partial charge is 0.214 e. The van der Waals surface area contributed by atoms with Crippen LogP contribution in [0.5, 0.6) is 0 Å². The van der Waals surface area contributed by atoms with E-state index in [1.807, 2.05) is 37.3 Å². The van der Waals surface area contributed by atoms with Gasteiger partial charge in [0, 0.05) is 35.6 Å². The summed E-state index contributed by atoms with van der Waals surface area (Å²) in [7, 11) is -6.48. The lowest BCUT2D eigenvalue weighted by Gasteiger charge is -2.14. The zero-order chi connectivity index (χ0) is 32.4. The first-order chi connectivity index (χ1) is 21.3. The molecule has 2 aliphatic carbocycles. The number of hydrogen-bond acceptors (Lipinski definition) is 8. The van der Waals surface area contributed by atoms with Gasteiger partial charge >= 0.3 is 0 Å². The molecule has 10 nitrogen and oxygen atoms in total. The number of rotatable bonds is 8. The zero-order valence-corrected chi connectivity index (χ0v) is 27.9. The van der Waals surface area contributed by atoms with Gasteiger partial charge in [0.1, 0.15) is 0 Å². The summed E-state index contributed by atoms with van der Waals surface area (Å²) >= 11 is 0. The minimum Gasteiger partial charge on any atom is -0.237 e. The highest BCUT2D eigenvalue weighted by Crippen LogP contribution is 2.29. The first-order valence-electron chi connectivity index (χ1n) is 15.1. The molecular weight excluding hydrogens is 609 g/mol. The molecule has 0 spiro atoms. The van der Waals surface area contributed by atoms with Gasteiger partial charge < -0.3 is 0 Å². The van der Waals surface area contributed by atoms with Crippen LogP contribution in [0, 0.1) is 6.92 Å². The molecule has 12 heteroatoms. The summed E-state index contributed by atoms with van der Waals surface area (Å²) in [5, 5.41) is 7.48. The van der Waals surface area contributed by atoms with Crippen LogP contribution in [0.2, 0.25) is 0 Å². The summed E-state index contributed by atoms with van der Waals surface area (Å²) < 4.78 is 53.7. The molecule has 4 aromatic rings. The molecule has 6 rings (SSSR count). The predicted molar refractivity (Wildman–Crippen MR) is 176 cm³/mol. The van der Waals surface area contributed by atoms with Crippen LogP contribution in [-0.2, 0) is 45.7 Å². The van der Waals surface area contributed by atoms with E-state index in [1.165, 1.54) is 22.3 Å². The van der Waals surface area contributed by atoms with Crippen molar-refractivity contribution < 1.29 is 16.8 Å². The summed E-state index contributed by atoms with van der Waals surface area (Å²) in [6.07, 6.45) is 6.33. The monoisotopic (exact) mass is 648 g/mol. The van der Waals surface area contributed by atoms with Crippen LogP contribution in [0.1, 0.15) is 55.6 Å². The van der Waals surface area contributed by atoms with Crippen LogP contribution < -0.4 is 9.44 Å². The van der Waals surface area contributed by atoms with E-state index in [1.54, 1.807) is 46.2 Å². The van der Waals surface area contributed by atoms with Gasteiger partial charge in [-0.15, -0.1) is 0 Å². The van der Waals surface area contributed by atoms with Crippen LogP contribution in [0.15, 0.2) is 67.0 Å². The second-order valence-electron chi connectivity index (χ2n) is 12.2. The van der Waals surface area contributed by atoms with Crippen molar-refractivity contribution >= 4 is 20.0 Å². The quantitative estimate of drug-likeness (QED) is 0.290. The molecule has 2 N–H and O–H groups in total. The van der Waals surface area contributed by atoms with Gasteiger partial charge in [-0.3, -0.25) is 0 Å². The van der Waals surface area contributed by atoms with Gasteiger partial charge in [0.15, 0.2) is 5.82 Å². The number of benzene rings is 2. The fourth-order valence-corrected chi connectivity index (χ4v) is 7.25. The number of nitrogens with zero attached hydrogens (tertiary/aromatic N) is 4. The molecule has 0 saturated carbocycles. The molecule has 0 fully saturated rings.